The van der Waals surface area contributed by atoms with Crippen LogP contribution in [0.3, 0.4) is 0 Å². The summed E-state index contributed by atoms with van der Waals surface area (Å²) in [5, 5.41) is 12.8. The molecule has 0 aromatic carbocycles. The lowest BCUT2D eigenvalue weighted by molar-refractivity contribution is -0.146. The van der Waals surface area contributed by atoms with E-state index in [1.807, 2.05) is 4.72 Å². The summed E-state index contributed by atoms with van der Waals surface area (Å²) in [5.41, 5.74) is -0.705. The Morgan fingerprint density at radius 3 is 2.40 bits per heavy atom. The summed E-state index contributed by atoms with van der Waals surface area (Å²) in [6.07, 6.45) is 1.38. The van der Waals surface area contributed by atoms with Crippen LogP contribution in [0.15, 0.2) is 11.0 Å². The van der Waals surface area contributed by atoms with Crippen molar-refractivity contribution in [3.63, 3.8) is 0 Å². The normalized spacial score (nSPS) is 22.7. The number of hydrogen-bond acceptors (Lipinski definition) is 8. The fourth-order valence-corrected chi connectivity index (χ4v) is 5.14. The fourth-order valence-electron chi connectivity index (χ4n) is 4.08. The highest BCUT2D eigenvalue weighted by atomic mass is 32.2. The number of aliphatic hydroxyl groups excluding tert-OH is 1. The number of alkyl carbamates (subject to hydrolysis) is 1. The number of nitrogens with one attached hydrogen (secondary N) is 2. The van der Waals surface area contributed by atoms with Crippen molar-refractivity contribution in [3.8, 4) is 0 Å². The summed E-state index contributed by atoms with van der Waals surface area (Å²) in [6, 6.07) is -2.08. The van der Waals surface area contributed by atoms with Crippen molar-refractivity contribution in [2.45, 2.75) is 77.1 Å². The minimum Gasteiger partial charge on any atom is -0.453 e. The molecule has 2 fully saturated rings. The summed E-state index contributed by atoms with van der Waals surface area (Å²) in [6.45, 7) is 5.19. The molecular weight excluding hydrogens is 480 g/mol. The van der Waals surface area contributed by atoms with Crippen molar-refractivity contribution >= 4 is 33.8 Å². The molecule has 1 aliphatic heterocycles. The topological polar surface area (TPSA) is 162 Å². The molecule has 13 heteroatoms. The summed E-state index contributed by atoms with van der Waals surface area (Å²) in [5.74, 6) is -1.65. The minimum absolute atomic E-state index is 0.0123. The Morgan fingerprint density at radius 1 is 1.26 bits per heavy atom. The molecule has 12 nitrogen and oxygen atoms in total. The lowest BCUT2D eigenvalue weighted by atomic mass is 9.85. The van der Waals surface area contributed by atoms with Crippen LogP contribution in [0.2, 0.25) is 0 Å². The number of likely N-dealkylation sites (tertiary alicyclic amines) is 1. The van der Waals surface area contributed by atoms with Gasteiger partial charge in [0.15, 0.2) is 0 Å². The van der Waals surface area contributed by atoms with Crippen LogP contribution in [0, 0.1) is 5.41 Å². The Morgan fingerprint density at radius 2 is 1.89 bits per heavy atom. The lowest BCUT2D eigenvalue weighted by Gasteiger charge is -2.36. The van der Waals surface area contributed by atoms with Gasteiger partial charge in [-0.05, 0) is 18.3 Å². The summed E-state index contributed by atoms with van der Waals surface area (Å²) in [4.78, 5) is 54.0. The Balaban J connectivity index is 1.71. The van der Waals surface area contributed by atoms with Crippen LogP contribution in [0.4, 0.5) is 4.79 Å². The third-order valence-corrected chi connectivity index (χ3v) is 7.74. The molecular formula is C22H34N4O8S. The maximum absolute atomic E-state index is 13.5. The first-order valence-electron chi connectivity index (χ1n) is 11.6. The number of aliphatic hydroxyl groups is 1. The maximum Gasteiger partial charge on any atom is 0.407 e. The van der Waals surface area contributed by atoms with E-state index in [2.05, 4.69) is 10.1 Å². The van der Waals surface area contributed by atoms with Crippen LogP contribution in [0.5, 0.6) is 0 Å². The zero-order valence-corrected chi connectivity index (χ0v) is 21.3. The molecule has 4 amide bonds. The van der Waals surface area contributed by atoms with Gasteiger partial charge in [0.25, 0.3) is 10.0 Å². The van der Waals surface area contributed by atoms with Gasteiger partial charge in [-0.1, -0.05) is 26.8 Å². The van der Waals surface area contributed by atoms with Gasteiger partial charge in [0, 0.05) is 38.4 Å². The highest BCUT2D eigenvalue weighted by molar-refractivity contribution is 7.94. The first kappa shape index (κ1) is 26.9. The molecule has 1 saturated carbocycles. The lowest BCUT2D eigenvalue weighted by Crippen LogP contribution is -2.58. The number of hydrogen-bond donors (Lipinski definition) is 3. The molecule has 3 unspecified atom stereocenters. The first-order valence-corrected chi connectivity index (χ1v) is 13.1. The quantitative estimate of drug-likeness (QED) is 0.382. The van der Waals surface area contributed by atoms with E-state index >= 15 is 0 Å². The second kappa shape index (κ2) is 10.1. The number of β-amino-alcohol motifs (C(OH)–C–C–N with tert-alkyl or cyclic N) is 1. The number of rotatable bonds is 9. The van der Waals surface area contributed by atoms with E-state index in [0.29, 0.717) is 6.42 Å². The van der Waals surface area contributed by atoms with Crippen LogP contribution < -0.4 is 10.0 Å². The molecule has 3 atom stereocenters. The van der Waals surface area contributed by atoms with Gasteiger partial charge in [-0.15, -0.1) is 0 Å². The Kier molecular flexibility index (Phi) is 7.80. The summed E-state index contributed by atoms with van der Waals surface area (Å²) in [7, 11) is -2.63. The molecule has 3 rings (SSSR count). The fraction of sp³-hybridized carbons (Fsp3) is 0.727. The average molecular weight is 515 g/mol. The maximum atomic E-state index is 13.5. The van der Waals surface area contributed by atoms with Gasteiger partial charge in [0.05, 0.1) is 18.1 Å². The SMILES string of the molecule is COC(=O)NC(C(=O)N1CC(O)CC1C(=O)N(CCC(=O)NS(=O)(=O)C1=CC1)C1CC1)C(C)(C)C. The predicted molar refractivity (Wildman–Crippen MR) is 124 cm³/mol. The van der Waals surface area contributed by atoms with E-state index in [4.69, 9.17) is 0 Å². The molecule has 0 aromatic rings. The van der Waals surface area contributed by atoms with Gasteiger partial charge in [-0.3, -0.25) is 14.4 Å². The largest absolute Gasteiger partial charge is 0.453 e. The number of sulfonamides is 1. The molecule has 2 aliphatic carbocycles. The first-order chi connectivity index (χ1) is 16.2. The molecule has 0 aromatic heterocycles. The van der Waals surface area contributed by atoms with Gasteiger partial charge in [-0.2, -0.15) is 0 Å². The van der Waals surface area contributed by atoms with E-state index in [-0.39, 0.29) is 36.9 Å². The van der Waals surface area contributed by atoms with Crippen molar-refractivity contribution in [2.24, 2.45) is 5.41 Å². The van der Waals surface area contributed by atoms with Crippen molar-refractivity contribution < 1.29 is 37.4 Å². The Hall–Kier alpha value is -2.67. The highest BCUT2D eigenvalue weighted by Gasteiger charge is 2.47. The van der Waals surface area contributed by atoms with E-state index in [1.165, 1.54) is 23.0 Å². The smallest absolute Gasteiger partial charge is 0.407 e. The molecule has 1 saturated heterocycles. The molecule has 0 spiro atoms. The van der Waals surface area contributed by atoms with Crippen molar-refractivity contribution in [2.75, 3.05) is 20.2 Å². The monoisotopic (exact) mass is 514 g/mol. The third kappa shape index (κ3) is 6.72. The summed E-state index contributed by atoms with van der Waals surface area (Å²) >= 11 is 0. The number of methoxy groups -OCH3 is 1. The second-order valence-corrected chi connectivity index (χ2v) is 12.0. The van der Waals surface area contributed by atoms with E-state index in [1.54, 1.807) is 20.8 Å². The molecule has 0 radical (unpaired) electrons. The van der Waals surface area contributed by atoms with Gasteiger partial charge in [0.2, 0.25) is 17.7 Å². The van der Waals surface area contributed by atoms with Gasteiger partial charge < -0.3 is 25.0 Å². The van der Waals surface area contributed by atoms with Crippen LogP contribution >= 0.6 is 0 Å². The highest BCUT2D eigenvalue weighted by Crippen LogP contribution is 2.32. The van der Waals surface area contributed by atoms with E-state index < -0.39 is 57.4 Å². The number of ether oxygens (including phenoxy) is 1. The van der Waals surface area contributed by atoms with Gasteiger partial charge in [-0.25, -0.2) is 17.9 Å². The van der Waals surface area contributed by atoms with Crippen molar-refractivity contribution in [1.82, 2.24) is 19.8 Å². The number of carbonyl (C=O) groups excluding carboxylic acids is 4. The summed E-state index contributed by atoms with van der Waals surface area (Å²) < 4.78 is 30.5. The molecule has 196 valence electrons. The molecule has 1 heterocycles. The molecule has 3 aliphatic rings. The zero-order valence-electron chi connectivity index (χ0n) is 20.4. The van der Waals surface area contributed by atoms with Crippen molar-refractivity contribution in [3.05, 3.63) is 11.0 Å². The van der Waals surface area contributed by atoms with Crippen LogP contribution in [0.25, 0.3) is 0 Å². The number of amides is 4. The van der Waals surface area contributed by atoms with Crippen molar-refractivity contribution in [1.29, 1.82) is 0 Å². The van der Waals surface area contributed by atoms with E-state index in [0.717, 1.165) is 12.8 Å². The average Bonchev–Trinajstić information content (AvgIpc) is 3.67. The van der Waals surface area contributed by atoms with Gasteiger partial charge in [0.1, 0.15) is 12.1 Å². The second-order valence-electron chi connectivity index (χ2n) is 10.2. The minimum atomic E-state index is -3.81. The number of carbonyl (C=O) groups is 4. The standard InChI is InChI=1S/C22H34N4O8S/c1-22(2,3)18(23-21(31)34-4)20(30)26-12-14(27)11-16(26)19(29)25(13-5-6-13)10-9-17(28)24-35(32,33)15-7-8-15/h7,13-14,16,18,27H,5-6,8-12H2,1-4H3,(H,23,31)(H,24,28). The van der Waals surface area contributed by atoms with Crippen LogP contribution in [-0.2, 0) is 29.1 Å². The predicted octanol–water partition coefficient (Wildman–Crippen LogP) is -0.166. The Labute approximate surface area is 205 Å². The van der Waals surface area contributed by atoms with Crippen LogP contribution in [-0.4, -0.2) is 91.6 Å². The Bertz CT molecular complexity index is 1010. The molecule has 3 N–H and O–H groups in total. The number of allylic oxidation sites excluding steroid dienone is 2. The third-order valence-electron chi connectivity index (χ3n) is 6.22. The molecule has 35 heavy (non-hydrogen) atoms. The van der Waals surface area contributed by atoms with E-state index in [9.17, 15) is 32.7 Å². The zero-order chi connectivity index (χ0) is 26.1. The number of nitrogens with zero attached hydrogens (tertiary/aromatic N) is 2. The van der Waals surface area contributed by atoms with Gasteiger partial charge >= 0.3 is 6.09 Å². The van der Waals surface area contributed by atoms with Crippen LogP contribution in [0.1, 0.15) is 52.9 Å². The molecule has 0 bridgehead atoms.